The van der Waals surface area contributed by atoms with E-state index in [1.807, 2.05) is 20.8 Å². The third-order valence-corrected chi connectivity index (χ3v) is 2.13. The van der Waals surface area contributed by atoms with Gasteiger partial charge in [-0.15, -0.1) is 0 Å². The number of amides is 1. The van der Waals surface area contributed by atoms with Crippen LogP contribution in [0.3, 0.4) is 0 Å². The molecule has 0 aromatic carbocycles. The molecule has 0 saturated carbocycles. The Kier molecular flexibility index (Phi) is 3.50. The Balaban J connectivity index is 2.50. The van der Waals surface area contributed by atoms with Gasteiger partial charge in [0.1, 0.15) is 0 Å². The van der Waals surface area contributed by atoms with Gasteiger partial charge < -0.3 is 15.2 Å². The Labute approximate surface area is 84.6 Å². The first-order chi connectivity index (χ1) is 6.40. The summed E-state index contributed by atoms with van der Waals surface area (Å²) >= 11 is 0. The summed E-state index contributed by atoms with van der Waals surface area (Å²) in [7, 11) is 0. The molecule has 2 atom stereocenters. The van der Waals surface area contributed by atoms with Crippen LogP contribution in [-0.4, -0.2) is 36.4 Å². The van der Waals surface area contributed by atoms with Crippen LogP contribution in [0.15, 0.2) is 0 Å². The molecule has 14 heavy (non-hydrogen) atoms. The number of nitrogens with one attached hydrogen (secondary N) is 1. The van der Waals surface area contributed by atoms with Crippen molar-refractivity contribution in [1.82, 2.24) is 5.32 Å². The molecule has 4 nitrogen and oxygen atoms in total. The van der Waals surface area contributed by atoms with Crippen molar-refractivity contribution < 1.29 is 14.6 Å². The zero-order valence-electron chi connectivity index (χ0n) is 9.04. The Hall–Kier alpha value is -0.610. The number of morpholine rings is 1. The van der Waals surface area contributed by atoms with Crippen LogP contribution in [0, 0.1) is 5.41 Å². The van der Waals surface area contributed by atoms with E-state index in [0.29, 0.717) is 19.6 Å². The van der Waals surface area contributed by atoms with Gasteiger partial charge in [-0.3, -0.25) is 4.79 Å². The van der Waals surface area contributed by atoms with Crippen LogP contribution in [0.4, 0.5) is 0 Å². The molecule has 0 aliphatic carbocycles. The standard InChI is InChI=1S/C10H19NO3/c1-10(2,3)6-7(12)8-9(13)11-4-5-14-8/h7-8,12H,4-6H2,1-3H3,(H,11,13)/t7-,8+/m0/s1. The number of aliphatic hydroxyl groups excluding tert-OH is 1. The summed E-state index contributed by atoms with van der Waals surface area (Å²) in [6.45, 7) is 7.10. The van der Waals surface area contributed by atoms with E-state index in [2.05, 4.69) is 5.32 Å². The fourth-order valence-corrected chi connectivity index (χ4v) is 1.56. The van der Waals surface area contributed by atoms with Gasteiger partial charge in [-0.25, -0.2) is 0 Å². The van der Waals surface area contributed by atoms with Gasteiger partial charge in [0.2, 0.25) is 0 Å². The number of hydrogen-bond donors (Lipinski definition) is 2. The number of carbonyl (C=O) groups is 1. The van der Waals surface area contributed by atoms with Crippen molar-refractivity contribution in [2.45, 2.75) is 39.4 Å². The number of ether oxygens (including phenoxy) is 1. The first-order valence-corrected chi connectivity index (χ1v) is 4.97. The summed E-state index contributed by atoms with van der Waals surface area (Å²) in [6.07, 6.45) is -0.844. The topological polar surface area (TPSA) is 58.6 Å². The van der Waals surface area contributed by atoms with E-state index in [9.17, 15) is 9.90 Å². The van der Waals surface area contributed by atoms with Gasteiger partial charge in [0.15, 0.2) is 6.10 Å². The largest absolute Gasteiger partial charge is 0.390 e. The maximum Gasteiger partial charge on any atom is 0.251 e. The monoisotopic (exact) mass is 201 g/mol. The highest BCUT2D eigenvalue weighted by molar-refractivity contribution is 5.81. The second-order valence-corrected chi connectivity index (χ2v) is 4.91. The zero-order valence-corrected chi connectivity index (χ0v) is 9.04. The third-order valence-electron chi connectivity index (χ3n) is 2.13. The summed E-state index contributed by atoms with van der Waals surface area (Å²) in [5.41, 5.74) is 0.000500. The maximum absolute atomic E-state index is 11.3. The molecular weight excluding hydrogens is 182 g/mol. The lowest BCUT2D eigenvalue weighted by Gasteiger charge is -2.30. The van der Waals surface area contributed by atoms with Gasteiger partial charge >= 0.3 is 0 Å². The van der Waals surface area contributed by atoms with Crippen molar-refractivity contribution in [3.05, 3.63) is 0 Å². The van der Waals surface area contributed by atoms with Gasteiger partial charge in [0.25, 0.3) is 5.91 Å². The van der Waals surface area contributed by atoms with Crippen molar-refractivity contribution in [2.75, 3.05) is 13.2 Å². The van der Waals surface area contributed by atoms with E-state index in [4.69, 9.17) is 4.74 Å². The van der Waals surface area contributed by atoms with E-state index in [1.54, 1.807) is 0 Å². The van der Waals surface area contributed by atoms with Gasteiger partial charge in [-0.1, -0.05) is 20.8 Å². The Bertz CT molecular complexity index is 210. The predicted molar refractivity (Wildman–Crippen MR) is 52.8 cm³/mol. The number of hydrogen-bond acceptors (Lipinski definition) is 3. The van der Waals surface area contributed by atoms with Gasteiger partial charge in [0, 0.05) is 6.54 Å². The van der Waals surface area contributed by atoms with Crippen LogP contribution in [0.5, 0.6) is 0 Å². The molecule has 0 aromatic rings. The lowest BCUT2D eigenvalue weighted by molar-refractivity contribution is -0.148. The van der Waals surface area contributed by atoms with Crippen LogP contribution < -0.4 is 5.32 Å². The molecule has 1 rings (SSSR count). The number of aliphatic hydroxyl groups is 1. The minimum absolute atomic E-state index is 0.000500. The van der Waals surface area contributed by atoms with E-state index in [1.165, 1.54) is 0 Å². The minimum Gasteiger partial charge on any atom is -0.390 e. The first-order valence-electron chi connectivity index (χ1n) is 4.97. The third kappa shape index (κ3) is 3.27. The fourth-order valence-electron chi connectivity index (χ4n) is 1.56. The fraction of sp³-hybridized carbons (Fsp3) is 0.900. The van der Waals surface area contributed by atoms with Crippen LogP contribution in [0.25, 0.3) is 0 Å². The highest BCUT2D eigenvalue weighted by Gasteiger charge is 2.32. The highest BCUT2D eigenvalue weighted by Crippen LogP contribution is 2.23. The summed E-state index contributed by atoms with van der Waals surface area (Å²) in [6, 6.07) is 0. The Morgan fingerprint density at radius 1 is 1.64 bits per heavy atom. The molecular formula is C10H19NO3. The lowest BCUT2D eigenvalue weighted by atomic mass is 9.87. The molecule has 0 radical (unpaired) electrons. The quantitative estimate of drug-likeness (QED) is 0.675. The van der Waals surface area contributed by atoms with Crippen LogP contribution in [-0.2, 0) is 9.53 Å². The van der Waals surface area contributed by atoms with E-state index in [0.717, 1.165) is 0 Å². The van der Waals surface area contributed by atoms with Crippen molar-refractivity contribution in [2.24, 2.45) is 5.41 Å². The molecule has 1 amide bonds. The van der Waals surface area contributed by atoms with E-state index >= 15 is 0 Å². The summed E-state index contributed by atoms with van der Waals surface area (Å²) in [5.74, 6) is -0.201. The van der Waals surface area contributed by atoms with Gasteiger partial charge in [-0.05, 0) is 11.8 Å². The Morgan fingerprint density at radius 2 is 2.29 bits per heavy atom. The van der Waals surface area contributed by atoms with Crippen LogP contribution in [0.2, 0.25) is 0 Å². The molecule has 0 spiro atoms. The smallest absolute Gasteiger partial charge is 0.251 e. The van der Waals surface area contributed by atoms with Gasteiger partial charge in [0.05, 0.1) is 12.7 Å². The molecule has 1 heterocycles. The normalized spacial score (nSPS) is 25.7. The average Bonchev–Trinajstić information content (AvgIpc) is 2.01. The average molecular weight is 201 g/mol. The summed E-state index contributed by atoms with van der Waals surface area (Å²) in [4.78, 5) is 11.3. The SMILES string of the molecule is CC(C)(C)C[C@H](O)[C@H]1OCCNC1=O. The highest BCUT2D eigenvalue weighted by atomic mass is 16.5. The molecule has 1 fully saturated rings. The second kappa shape index (κ2) is 4.28. The molecule has 1 aliphatic heterocycles. The maximum atomic E-state index is 11.3. The molecule has 4 heteroatoms. The summed E-state index contributed by atoms with van der Waals surface area (Å²) in [5, 5.41) is 12.5. The molecule has 1 aliphatic rings. The van der Waals surface area contributed by atoms with E-state index in [-0.39, 0.29) is 11.3 Å². The van der Waals surface area contributed by atoms with Crippen molar-refractivity contribution in [3.63, 3.8) is 0 Å². The van der Waals surface area contributed by atoms with Crippen molar-refractivity contribution >= 4 is 5.91 Å². The first kappa shape index (κ1) is 11.5. The number of rotatable bonds is 2. The van der Waals surface area contributed by atoms with E-state index < -0.39 is 12.2 Å². The molecule has 2 N–H and O–H groups in total. The van der Waals surface area contributed by atoms with Gasteiger partial charge in [-0.2, -0.15) is 0 Å². The lowest BCUT2D eigenvalue weighted by Crippen LogP contribution is -2.50. The summed E-state index contributed by atoms with van der Waals surface area (Å²) < 4.78 is 5.24. The molecule has 0 aromatic heterocycles. The Morgan fingerprint density at radius 3 is 2.79 bits per heavy atom. The predicted octanol–water partition coefficient (Wildman–Crippen LogP) is 0.298. The molecule has 0 unspecified atom stereocenters. The minimum atomic E-state index is -0.713. The van der Waals surface area contributed by atoms with Crippen LogP contribution in [0.1, 0.15) is 27.2 Å². The second-order valence-electron chi connectivity index (χ2n) is 4.91. The van der Waals surface area contributed by atoms with Crippen molar-refractivity contribution in [3.8, 4) is 0 Å². The molecule has 1 saturated heterocycles. The zero-order chi connectivity index (χ0) is 10.8. The van der Waals surface area contributed by atoms with Crippen LogP contribution >= 0.6 is 0 Å². The van der Waals surface area contributed by atoms with Crippen molar-refractivity contribution in [1.29, 1.82) is 0 Å². The molecule has 0 bridgehead atoms. The molecule has 82 valence electrons. The number of carbonyl (C=O) groups excluding carboxylic acids is 1.